The van der Waals surface area contributed by atoms with Gasteiger partial charge in [0.1, 0.15) is 27.9 Å². The van der Waals surface area contributed by atoms with Gasteiger partial charge in [0.05, 0.1) is 11.7 Å². The van der Waals surface area contributed by atoms with E-state index in [2.05, 4.69) is 30.9 Å². The zero-order valence-electron chi connectivity index (χ0n) is 14.5. The molecular formula is C19H15BrClF3N4. The van der Waals surface area contributed by atoms with Gasteiger partial charge in [-0.2, -0.15) is 0 Å². The van der Waals surface area contributed by atoms with Crippen LogP contribution in [-0.2, 0) is 0 Å². The van der Waals surface area contributed by atoms with Gasteiger partial charge in [0, 0.05) is 24.7 Å². The molecule has 3 heterocycles. The van der Waals surface area contributed by atoms with Crippen molar-refractivity contribution in [3.8, 4) is 0 Å². The predicted molar refractivity (Wildman–Crippen MR) is 105 cm³/mol. The predicted octanol–water partition coefficient (Wildman–Crippen LogP) is 5.65. The number of benzene rings is 1. The second kappa shape index (κ2) is 7.83. The first-order chi connectivity index (χ1) is 13.4. The summed E-state index contributed by atoms with van der Waals surface area (Å²) in [6.45, 7) is 1.03. The van der Waals surface area contributed by atoms with Gasteiger partial charge in [-0.3, -0.25) is 0 Å². The molecule has 0 radical (unpaired) electrons. The number of anilines is 1. The molecule has 0 N–H and O–H groups in total. The third-order valence-corrected chi connectivity index (χ3v) is 5.66. The van der Waals surface area contributed by atoms with E-state index in [4.69, 9.17) is 11.6 Å². The third kappa shape index (κ3) is 3.80. The molecule has 1 unspecified atom stereocenters. The molecule has 1 aliphatic rings. The average molecular weight is 472 g/mol. The van der Waals surface area contributed by atoms with Crippen molar-refractivity contribution in [1.82, 2.24) is 15.0 Å². The molecule has 1 fully saturated rings. The van der Waals surface area contributed by atoms with E-state index in [9.17, 15) is 13.2 Å². The Kier molecular flexibility index (Phi) is 5.42. The van der Waals surface area contributed by atoms with Crippen LogP contribution in [0.2, 0.25) is 5.15 Å². The van der Waals surface area contributed by atoms with E-state index < -0.39 is 17.8 Å². The normalized spacial score (nSPS) is 16.5. The summed E-state index contributed by atoms with van der Waals surface area (Å²) in [7, 11) is 0. The fourth-order valence-corrected chi connectivity index (χ4v) is 4.06. The van der Waals surface area contributed by atoms with E-state index in [1.807, 2.05) is 4.90 Å². The van der Waals surface area contributed by atoms with E-state index in [1.165, 1.54) is 6.07 Å². The van der Waals surface area contributed by atoms with Crippen molar-refractivity contribution in [2.75, 3.05) is 18.0 Å². The Hall–Kier alpha value is -1.93. The van der Waals surface area contributed by atoms with Crippen molar-refractivity contribution in [3.63, 3.8) is 0 Å². The zero-order chi connectivity index (χ0) is 19.8. The molecule has 28 heavy (non-hydrogen) atoms. The largest absolute Gasteiger partial charge is 0.354 e. The second-order valence-electron chi connectivity index (χ2n) is 6.73. The maximum absolute atomic E-state index is 14.8. The first-order valence-electron chi connectivity index (χ1n) is 8.75. The molecule has 3 aromatic rings. The van der Waals surface area contributed by atoms with Crippen molar-refractivity contribution >= 4 is 44.4 Å². The van der Waals surface area contributed by atoms with Crippen molar-refractivity contribution in [3.05, 3.63) is 57.4 Å². The molecule has 0 bridgehead atoms. The second-order valence-corrected chi connectivity index (χ2v) is 7.90. The lowest BCUT2D eigenvalue weighted by molar-refractivity contribution is 0.193. The Morgan fingerprint density at radius 3 is 2.57 bits per heavy atom. The van der Waals surface area contributed by atoms with Crippen LogP contribution in [0.5, 0.6) is 0 Å². The Labute approximate surface area is 172 Å². The van der Waals surface area contributed by atoms with Gasteiger partial charge in [-0.15, -0.1) is 0 Å². The number of hydrogen-bond acceptors (Lipinski definition) is 4. The van der Waals surface area contributed by atoms with Crippen LogP contribution in [0.1, 0.15) is 24.6 Å². The minimum atomic E-state index is -1.48. The molecule has 1 saturated heterocycles. The van der Waals surface area contributed by atoms with Gasteiger partial charge in [-0.05, 0) is 46.8 Å². The van der Waals surface area contributed by atoms with Crippen LogP contribution in [0.15, 0.2) is 35.1 Å². The standard InChI is InChI=1S/C19H15BrClF3N4/c20-16-8-14-15(9-25-16)26-18(21)19(27-14)28-5-3-10(4-6-28)17(24)12-2-1-11(22)7-13(12)23/h1-2,7-10,17H,3-6H2. The molecule has 0 saturated carbocycles. The highest BCUT2D eigenvalue weighted by atomic mass is 79.9. The van der Waals surface area contributed by atoms with Gasteiger partial charge < -0.3 is 4.90 Å². The molecule has 0 amide bonds. The summed E-state index contributed by atoms with van der Waals surface area (Å²) in [5, 5.41) is 0.261. The van der Waals surface area contributed by atoms with Gasteiger partial charge in [0.15, 0.2) is 11.0 Å². The average Bonchev–Trinajstić information content (AvgIpc) is 2.67. The minimum absolute atomic E-state index is 0.0965. The number of alkyl halides is 1. The molecule has 9 heteroatoms. The van der Waals surface area contributed by atoms with Crippen molar-refractivity contribution in [2.24, 2.45) is 5.92 Å². The first kappa shape index (κ1) is 19.4. The number of fused-ring (bicyclic) bond motifs is 1. The van der Waals surface area contributed by atoms with Crippen LogP contribution >= 0.6 is 27.5 Å². The van der Waals surface area contributed by atoms with Gasteiger partial charge in [0.25, 0.3) is 0 Å². The smallest absolute Gasteiger partial charge is 0.172 e. The van der Waals surface area contributed by atoms with Crippen LogP contribution in [0.3, 0.4) is 0 Å². The zero-order valence-corrected chi connectivity index (χ0v) is 16.9. The highest BCUT2D eigenvalue weighted by Crippen LogP contribution is 2.37. The summed E-state index contributed by atoms with van der Waals surface area (Å²) in [5.74, 6) is -1.39. The molecule has 0 spiro atoms. The first-order valence-corrected chi connectivity index (χ1v) is 9.92. The van der Waals surface area contributed by atoms with Gasteiger partial charge in [-0.1, -0.05) is 17.7 Å². The van der Waals surface area contributed by atoms with E-state index in [0.717, 1.165) is 6.07 Å². The highest BCUT2D eigenvalue weighted by Gasteiger charge is 2.30. The van der Waals surface area contributed by atoms with Crippen LogP contribution < -0.4 is 4.90 Å². The Balaban J connectivity index is 1.51. The van der Waals surface area contributed by atoms with Gasteiger partial charge in [-0.25, -0.2) is 28.1 Å². The molecule has 4 rings (SSSR count). The molecule has 1 aliphatic heterocycles. The fraction of sp³-hybridized carbons (Fsp3) is 0.316. The van der Waals surface area contributed by atoms with Gasteiger partial charge in [0.2, 0.25) is 0 Å². The lowest BCUT2D eigenvalue weighted by Gasteiger charge is -2.34. The number of piperidine rings is 1. The SMILES string of the molecule is Fc1ccc(C(F)C2CCN(c3nc4cc(Br)ncc4nc3Cl)CC2)c(F)c1. The number of hydrogen-bond donors (Lipinski definition) is 0. The maximum atomic E-state index is 14.8. The number of pyridine rings is 1. The molecule has 2 aromatic heterocycles. The van der Waals surface area contributed by atoms with Crippen molar-refractivity contribution in [2.45, 2.75) is 19.0 Å². The summed E-state index contributed by atoms with van der Waals surface area (Å²) in [5.41, 5.74) is 1.14. The molecule has 1 aromatic carbocycles. The summed E-state index contributed by atoms with van der Waals surface area (Å²) < 4.78 is 42.4. The van der Waals surface area contributed by atoms with E-state index in [-0.39, 0.29) is 16.6 Å². The minimum Gasteiger partial charge on any atom is -0.354 e. The van der Waals surface area contributed by atoms with E-state index >= 15 is 0 Å². The Bertz CT molecular complexity index is 1030. The topological polar surface area (TPSA) is 41.9 Å². The van der Waals surface area contributed by atoms with E-state index in [1.54, 1.807) is 12.3 Å². The monoisotopic (exact) mass is 470 g/mol. The van der Waals surface area contributed by atoms with Crippen molar-refractivity contribution < 1.29 is 13.2 Å². The summed E-state index contributed by atoms with van der Waals surface area (Å²) in [6.07, 6.45) is 1.09. The van der Waals surface area contributed by atoms with Crippen LogP contribution in [0.25, 0.3) is 11.0 Å². The van der Waals surface area contributed by atoms with Crippen LogP contribution in [0.4, 0.5) is 19.0 Å². The van der Waals surface area contributed by atoms with E-state index in [0.29, 0.717) is 53.5 Å². The molecular weight excluding hydrogens is 457 g/mol. The molecule has 4 nitrogen and oxygen atoms in total. The highest BCUT2D eigenvalue weighted by molar-refractivity contribution is 9.10. The van der Waals surface area contributed by atoms with Crippen LogP contribution in [-0.4, -0.2) is 28.0 Å². The number of nitrogens with zero attached hydrogens (tertiary/aromatic N) is 4. The lowest BCUT2D eigenvalue weighted by atomic mass is 9.88. The summed E-state index contributed by atoms with van der Waals surface area (Å²) >= 11 is 9.60. The number of halogens is 5. The third-order valence-electron chi connectivity index (χ3n) is 4.97. The van der Waals surface area contributed by atoms with Gasteiger partial charge >= 0.3 is 0 Å². The van der Waals surface area contributed by atoms with Crippen molar-refractivity contribution in [1.29, 1.82) is 0 Å². The Morgan fingerprint density at radius 1 is 1.11 bits per heavy atom. The fourth-order valence-electron chi connectivity index (χ4n) is 3.49. The number of rotatable bonds is 3. The summed E-state index contributed by atoms with van der Waals surface area (Å²) in [4.78, 5) is 15.0. The number of aromatic nitrogens is 3. The quantitative estimate of drug-likeness (QED) is 0.463. The lowest BCUT2D eigenvalue weighted by Crippen LogP contribution is -2.36. The summed E-state index contributed by atoms with van der Waals surface area (Å²) in [6, 6.07) is 4.73. The molecule has 0 aliphatic carbocycles. The molecule has 146 valence electrons. The molecule has 1 atom stereocenters. The maximum Gasteiger partial charge on any atom is 0.172 e. The Morgan fingerprint density at radius 2 is 1.86 bits per heavy atom. The van der Waals surface area contributed by atoms with Crippen LogP contribution in [0, 0.1) is 17.6 Å².